The van der Waals surface area contributed by atoms with Gasteiger partial charge in [0.1, 0.15) is 11.5 Å². The Morgan fingerprint density at radius 2 is 2.08 bits per heavy atom. The van der Waals surface area contributed by atoms with Gasteiger partial charge in [-0.2, -0.15) is 0 Å². The van der Waals surface area contributed by atoms with Crippen LogP contribution in [0.5, 0.6) is 0 Å². The third-order valence-corrected chi connectivity index (χ3v) is 1.60. The number of nitrogens with zero attached hydrogens (tertiary/aromatic N) is 3. The number of aromatic nitrogens is 2. The van der Waals surface area contributed by atoms with E-state index in [4.69, 9.17) is 5.73 Å². The molecule has 0 unspecified atom stereocenters. The second kappa shape index (κ2) is 3.98. The molecule has 13 heavy (non-hydrogen) atoms. The number of hydrogen-bond donors (Lipinski definition) is 1. The molecule has 0 aliphatic carbocycles. The molecule has 2 N–H and O–H groups in total. The molecule has 0 fully saturated rings. The van der Waals surface area contributed by atoms with Crippen molar-refractivity contribution in [2.75, 3.05) is 5.73 Å². The molecule has 0 bridgehead atoms. The molecule has 0 spiro atoms. The maximum atomic E-state index is 5.70. The van der Waals surface area contributed by atoms with Gasteiger partial charge in [0.15, 0.2) is 5.82 Å². The molecule has 1 aromatic heterocycles. The monoisotopic (exact) mass is 178 g/mol. The molecule has 1 heterocycles. The van der Waals surface area contributed by atoms with E-state index in [1.165, 1.54) is 0 Å². The van der Waals surface area contributed by atoms with Crippen LogP contribution >= 0.6 is 0 Å². The van der Waals surface area contributed by atoms with Crippen LogP contribution in [0.15, 0.2) is 4.99 Å². The highest BCUT2D eigenvalue weighted by molar-refractivity contribution is 5.69. The van der Waals surface area contributed by atoms with Gasteiger partial charge in [-0.05, 0) is 20.3 Å². The molecule has 0 amide bonds. The van der Waals surface area contributed by atoms with E-state index >= 15 is 0 Å². The minimum absolute atomic E-state index is 0.453. The summed E-state index contributed by atoms with van der Waals surface area (Å²) in [6.45, 7) is 5.72. The minimum Gasteiger partial charge on any atom is -0.382 e. The lowest BCUT2D eigenvalue weighted by Crippen LogP contribution is -1.98. The second-order valence-corrected chi connectivity index (χ2v) is 2.81. The fourth-order valence-electron chi connectivity index (χ4n) is 1.08. The molecule has 0 saturated carbocycles. The quantitative estimate of drug-likeness (QED) is 0.702. The standard InChI is InChI=1S/C9H14N4/c1-4-5-11-8-6(2)12-7(3)13-9(8)10/h5H,4H2,1-3H3,(H2,10,12,13). The van der Waals surface area contributed by atoms with Crippen LogP contribution in [0.3, 0.4) is 0 Å². The molecule has 0 aromatic carbocycles. The van der Waals surface area contributed by atoms with Gasteiger partial charge >= 0.3 is 0 Å². The molecule has 1 aromatic rings. The summed E-state index contributed by atoms with van der Waals surface area (Å²) in [5.41, 5.74) is 7.21. The molecular weight excluding hydrogens is 164 g/mol. The summed E-state index contributed by atoms with van der Waals surface area (Å²) in [5, 5.41) is 0. The van der Waals surface area contributed by atoms with Crippen molar-refractivity contribution >= 4 is 17.7 Å². The summed E-state index contributed by atoms with van der Waals surface area (Å²) < 4.78 is 0. The lowest BCUT2D eigenvalue weighted by atomic mass is 10.3. The molecule has 4 heteroatoms. The van der Waals surface area contributed by atoms with Crippen molar-refractivity contribution in [1.82, 2.24) is 9.97 Å². The lowest BCUT2D eigenvalue weighted by molar-refractivity contribution is 1.02. The van der Waals surface area contributed by atoms with Gasteiger partial charge in [0, 0.05) is 6.21 Å². The molecule has 4 nitrogen and oxygen atoms in total. The number of hydrogen-bond acceptors (Lipinski definition) is 4. The SMILES string of the molecule is CCC=Nc1c(C)nc(C)nc1N. The van der Waals surface area contributed by atoms with Gasteiger partial charge < -0.3 is 5.73 Å². The maximum absolute atomic E-state index is 5.70. The van der Waals surface area contributed by atoms with E-state index in [9.17, 15) is 0 Å². The number of rotatable bonds is 2. The fourth-order valence-corrected chi connectivity index (χ4v) is 1.08. The van der Waals surface area contributed by atoms with Gasteiger partial charge in [-0.3, -0.25) is 4.99 Å². The van der Waals surface area contributed by atoms with E-state index in [0.717, 1.165) is 12.1 Å². The Kier molecular flexibility index (Phi) is 2.95. The molecule has 0 atom stereocenters. The van der Waals surface area contributed by atoms with Crippen molar-refractivity contribution in [1.29, 1.82) is 0 Å². The normalized spacial score (nSPS) is 11.0. The van der Waals surface area contributed by atoms with Crippen LogP contribution in [0.1, 0.15) is 24.9 Å². The van der Waals surface area contributed by atoms with E-state index in [-0.39, 0.29) is 0 Å². The number of anilines is 1. The molecule has 70 valence electrons. The Balaban J connectivity index is 3.13. The molecule has 0 radical (unpaired) electrons. The average Bonchev–Trinajstić information content (AvgIpc) is 2.02. The van der Waals surface area contributed by atoms with Crippen molar-refractivity contribution < 1.29 is 0 Å². The van der Waals surface area contributed by atoms with Crippen molar-refractivity contribution in [3.05, 3.63) is 11.5 Å². The van der Waals surface area contributed by atoms with Crippen LogP contribution in [-0.4, -0.2) is 16.2 Å². The van der Waals surface area contributed by atoms with E-state index in [1.54, 1.807) is 6.21 Å². The summed E-state index contributed by atoms with van der Waals surface area (Å²) >= 11 is 0. The van der Waals surface area contributed by atoms with Crippen molar-refractivity contribution in [2.24, 2.45) is 4.99 Å². The van der Waals surface area contributed by atoms with Crippen molar-refractivity contribution in [2.45, 2.75) is 27.2 Å². The average molecular weight is 178 g/mol. The number of nitrogen functional groups attached to an aromatic ring is 1. The Labute approximate surface area is 77.9 Å². The minimum atomic E-state index is 0.453. The van der Waals surface area contributed by atoms with Crippen LogP contribution in [-0.2, 0) is 0 Å². The third-order valence-electron chi connectivity index (χ3n) is 1.60. The zero-order valence-corrected chi connectivity index (χ0v) is 8.20. The van der Waals surface area contributed by atoms with Gasteiger partial charge in [-0.25, -0.2) is 9.97 Å². The first kappa shape index (κ1) is 9.64. The predicted octanol–water partition coefficient (Wildman–Crippen LogP) is 1.79. The van der Waals surface area contributed by atoms with Gasteiger partial charge in [0.2, 0.25) is 0 Å². The molecule has 0 aliphatic heterocycles. The van der Waals surface area contributed by atoms with Crippen LogP contribution in [0.4, 0.5) is 11.5 Å². The van der Waals surface area contributed by atoms with Gasteiger partial charge in [0.05, 0.1) is 5.69 Å². The topological polar surface area (TPSA) is 64.2 Å². The zero-order chi connectivity index (χ0) is 9.84. The van der Waals surface area contributed by atoms with Crippen molar-refractivity contribution in [3.63, 3.8) is 0 Å². The van der Waals surface area contributed by atoms with Crippen LogP contribution in [0.2, 0.25) is 0 Å². The summed E-state index contributed by atoms with van der Waals surface area (Å²) in [5.74, 6) is 1.14. The molecule has 0 aliphatic rings. The second-order valence-electron chi connectivity index (χ2n) is 2.81. The van der Waals surface area contributed by atoms with Gasteiger partial charge in [-0.1, -0.05) is 6.92 Å². The highest BCUT2D eigenvalue weighted by Crippen LogP contribution is 2.22. The number of nitrogens with two attached hydrogens (primary N) is 1. The largest absolute Gasteiger partial charge is 0.382 e. The smallest absolute Gasteiger partial charge is 0.153 e. The third kappa shape index (κ3) is 2.24. The maximum Gasteiger partial charge on any atom is 0.153 e. The van der Waals surface area contributed by atoms with Gasteiger partial charge in [0.25, 0.3) is 0 Å². The highest BCUT2D eigenvalue weighted by Gasteiger charge is 2.04. The lowest BCUT2D eigenvalue weighted by Gasteiger charge is -2.03. The molecular formula is C9H14N4. The van der Waals surface area contributed by atoms with Gasteiger partial charge in [-0.15, -0.1) is 0 Å². The first-order valence-electron chi connectivity index (χ1n) is 4.28. The summed E-state index contributed by atoms with van der Waals surface area (Å²) in [4.78, 5) is 12.4. The summed E-state index contributed by atoms with van der Waals surface area (Å²) in [6.07, 6.45) is 2.68. The summed E-state index contributed by atoms with van der Waals surface area (Å²) in [7, 11) is 0. The molecule has 1 rings (SSSR count). The number of aliphatic imine (C=N–C) groups is 1. The van der Waals surface area contributed by atoms with Crippen LogP contribution in [0, 0.1) is 13.8 Å². The van der Waals surface area contributed by atoms with E-state index in [2.05, 4.69) is 15.0 Å². The van der Waals surface area contributed by atoms with E-state index in [1.807, 2.05) is 20.8 Å². The Bertz CT molecular complexity index is 307. The predicted molar refractivity (Wildman–Crippen MR) is 54.4 cm³/mol. The summed E-state index contributed by atoms with van der Waals surface area (Å²) in [6, 6.07) is 0. The first-order chi connectivity index (χ1) is 6.15. The highest BCUT2D eigenvalue weighted by atomic mass is 15.0. The Morgan fingerprint density at radius 1 is 1.38 bits per heavy atom. The Morgan fingerprint density at radius 3 is 2.62 bits per heavy atom. The van der Waals surface area contributed by atoms with E-state index in [0.29, 0.717) is 17.3 Å². The van der Waals surface area contributed by atoms with Crippen LogP contribution < -0.4 is 5.73 Å². The number of aryl methyl sites for hydroxylation is 2. The van der Waals surface area contributed by atoms with E-state index < -0.39 is 0 Å². The van der Waals surface area contributed by atoms with Crippen molar-refractivity contribution in [3.8, 4) is 0 Å². The zero-order valence-electron chi connectivity index (χ0n) is 8.20. The Hall–Kier alpha value is -1.45. The first-order valence-corrected chi connectivity index (χ1v) is 4.28. The molecule has 0 saturated heterocycles. The van der Waals surface area contributed by atoms with Crippen LogP contribution in [0.25, 0.3) is 0 Å². The fraction of sp³-hybridized carbons (Fsp3) is 0.444.